The molecule has 0 bridgehead atoms. The van der Waals surface area contributed by atoms with Gasteiger partial charge < -0.3 is 15.0 Å². The van der Waals surface area contributed by atoms with Crippen LogP contribution in [0.5, 0.6) is 0 Å². The van der Waals surface area contributed by atoms with E-state index in [1.807, 2.05) is 18.2 Å². The summed E-state index contributed by atoms with van der Waals surface area (Å²) in [5.74, 6) is -0.206. The van der Waals surface area contributed by atoms with Gasteiger partial charge in [0.1, 0.15) is 12.1 Å². The Kier molecular flexibility index (Phi) is 8.00. The number of aromatic nitrogens is 1. The summed E-state index contributed by atoms with van der Waals surface area (Å²) in [5.41, 5.74) is 0.916. The zero-order chi connectivity index (χ0) is 19.7. The molecule has 0 spiro atoms. The van der Waals surface area contributed by atoms with Crippen molar-refractivity contribution in [1.82, 2.24) is 20.1 Å². The SMILES string of the molecule is CN(C)C(=O)CN(Cc1cc(CNCC#N)ccn1)C(=O)OC(C)(C)C. The van der Waals surface area contributed by atoms with Crippen LogP contribution in [0.4, 0.5) is 4.79 Å². The van der Waals surface area contributed by atoms with Crippen LogP contribution in [0.2, 0.25) is 0 Å². The standard InChI is InChI=1S/C18H27N5O3/c1-18(2,3)26-17(25)23(13-16(24)22(4)5)12-15-10-14(6-8-21-15)11-20-9-7-19/h6,8,10,20H,9,11-13H2,1-5H3. The first-order valence-corrected chi connectivity index (χ1v) is 8.32. The highest BCUT2D eigenvalue weighted by molar-refractivity contribution is 5.82. The van der Waals surface area contributed by atoms with Crippen molar-refractivity contribution in [3.8, 4) is 6.07 Å². The number of hydrogen-bond acceptors (Lipinski definition) is 6. The van der Waals surface area contributed by atoms with E-state index < -0.39 is 11.7 Å². The van der Waals surface area contributed by atoms with Crippen LogP contribution in [0.25, 0.3) is 0 Å². The number of nitrogens with zero attached hydrogens (tertiary/aromatic N) is 4. The Morgan fingerprint density at radius 1 is 1.35 bits per heavy atom. The van der Waals surface area contributed by atoms with E-state index >= 15 is 0 Å². The van der Waals surface area contributed by atoms with Crippen LogP contribution in [0, 0.1) is 11.3 Å². The number of hydrogen-bond donors (Lipinski definition) is 1. The van der Waals surface area contributed by atoms with Crippen LogP contribution in [0.15, 0.2) is 18.3 Å². The summed E-state index contributed by atoms with van der Waals surface area (Å²) in [4.78, 5) is 31.6. The first-order chi connectivity index (χ1) is 12.1. The van der Waals surface area contributed by atoms with Gasteiger partial charge in [0.25, 0.3) is 0 Å². The van der Waals surface area contributed by atoms with Gasteiger partial charge in [0.05, 0.1) is 24.9 Å². The lowest BCUT2D eigenvalue weighted by Gasteiger charge is -2.27. The number of nitrogens with one attached hydrogen (secondary N) is 1. The van der Waals surface area contributed by atoms with Crippen molar-refractivity contribution >= 4 is 12.0 Å². The zero-order valence-electron chi connectivity index (χ0n) is 16.1. The summed E-state index contributed by atoms with van der Waals surface area (Å²) in [7, 11) is 3.27. The molecule has 1 aromatic heterocycles. The minimum Gasteiger partial charge on any atom is -0.444 e. The summed E-state index contributed by atoms with van der Waals surface area (Å²) in [6.45, 7) is 6.15. The number of rotatable bonds is 7. The lowest BCUT2D eigenvalue weighted by molar-refractivity contribution is -0.130. The summed E-state index contributed by atoms with van der Waals surface area (Å²) < 4.78 is 5.40. The van der Waals surface area contributed by atoms with Crippen LogP contribution in [-0.2, 0) is 22.6 Å². The van der Waals surface area contributed by atoms with Crippen molar-refractivity contribution in [2.75, 3.05) is 27.2 Å². The van der Waals surface area contributed by atoms with E-state index in [2.05, 4.69) is 10.3 Å². The predicted octanol–water partition coefficient (Wildman–Crippen LogP) is 1.52. The van der Waals surface area contributed by atoms with Crippen LogP contribution >= 0.6 is 0 Å². The summed E-state index contributed by atoms with van der Waals surface area (Å²) >= 11 is 0. The normalized spacial score (nSPS) is 10.8. The first kappa shape index (κ1) is 21.4. The Hall–Kier alpha value is -2.66. The fraction of sp³-hybridized carbons (Fsp3) is 0.556. The fourth-order valence-corrected chi connectivity index (χ4v) is 2.00. The maximum Gasteiger partial charge on any atom is 0.411 e. The van der Waals surface area contributed by atoms with Gasteiger partial charge in [0.2, 0.25) is 5.91 Å². The number of carbonyl (C=O) groups excluding carboxylic acids is 2. The molecule has 0 unspecified atom stereocenters. The molecule has 0 aromatic carbocycles. The van der Waals surface area contributed by atoms with E-state index in [0.29, 0.717) is 12.2 Å². The Morgan fingerprint density at radius 3 is 2.62 bits per heavy atom. The van der Waals surface area contributed by atoms with Crippen LogP contribution < -0.4 is 5.32 Å². The third-order valence-electron chi connectivity index (χ3n) is 3.24. The maximum atomic E-state index is 12.5. The number of likely N-dealkylation sites (N-methyl/N-ethyl adjacent to an activating group) is 1. The molecule has 0 fully saturated rings. The van der Waals surface area contributed by atoms with Crippen molar-refractivity contribution in [3.63, 3.8) is 0 Å². The van der Waals surface area contributed by atoms with Crippen molar-refractivity contribution in [1.29, 1.82) is 5.26 Å². The third kappa shape index (κ3) is 7.94. The van der Waals surface area contributed by atoms with Gasteiger partial charge >= 0.3 is 6.09 Å². The second kappa shape index (κ2) is 9.73. The average Bonchev–Trinajstić information content (AvgIpc) is 2.53. The van der Waals surface area contributed by atoms with E-state index in [-0.39, 0.29) is 25.5 Å². The second-order valence-corrected chi connectivity index (χ2v) is 7.04. The van der Waals surface area contributed by atoms with Crippen molar-refractivity contribution in [2.24, 2.45) is 0 Å². The topological polar surface area (TPSA) is 98.6 Å². The lowest BCUT2D eigenvalue weighted by Crippen LogP contribution is -2.42. The molecule has 1 aromatic rings. The van der Waals surface area contributed by atoms with E-state index in [9.17, 15) is 9.59 Å². The smallest absolute Gasteiger partial charge is 0.411 e. The monoisotopic (exact) mass is 361 g/mol. The Balaban J connectivity index is 2.90. The fourth-order valence-electron chi connectivity index (χ4n) is 2.00. The Morgan fingerprint density at radius 2 is 2.04 bits per heavy atom. The molecule has 0 saturated heterocycles. The average molecular weight is 361 g/mol. The second-order valence-electron chi connectivity index (χ2n) is 7.04. The highest BCUT2D eigenvalue weighted by atomic mass is 16.6. The molecule has 8 heteroatoms. The van der Waals surface area contributed by atoms with Crippen LogP contribution in [-0.4, -0.2) is 59.6 Å². The molecule has 0 atom stereocenters. The molecule has 0 saturated carbocycles. The number of carbonyl (C=O) groups is 2. The molecule has 0 radical (unpaired) electrons. The van der Waals surface area contributed by atoms with E-state index in [4.69, 9.17) is 10.00 Å². The minimum absolute atomic E-state index is 0.0967. The molecule has 8 nitrogen and oxygen atoms in total. The molecule has 26 heavy (non-hydrogen) atoms. The van der Waals surface area contributed by atoms with E-state index in [1.54, 1.807) is 41.1 Å². The Bertz CT molecular complexity index is 662. The molecular weight excluding hydrogens is 334 g/mol. The largest absolute Gasteiger partial charge is 0.444 e. The van der Waals surface area contributed by atoms with Gasteiger partial charge in [0.15, 0.2) is 0 Å². The molecule has 1 rings (SSSR count). The van der Waals surface area contributed by atoms with Gasteiger partial charge in [-0.3, -0.25) is 14.7 Å². The van der Waals surface area contributed by atoms with Gasteiger partial charge in [-0.05, 0) is 38.5 Å². The first-order valence-electron chi connectivity index (χ1n) is 8.32. The minimum atomic E-state index is -0.660. The molecule has 1 heterocycles. The van der Waals surface area contributed by atoms with Crippen molar-refractivity contribution in [2.45, 2.75) is 39.5 Å². The molecule has 1 N–H and O–H groups in total. The molecule has 142 valence electrons. The summed E-state index contributed by atoms with van der Waals surface area (Å²) in [6.07, 6.45) is 1.07. The maximum absolute atomic E-state index is 12.5. The molecule has 2 amide bonds. The number of pyridine rings is 1. The van der Waals surface area contributed by atoms with E-state index in [0.717, 1.165) is 5.56 Å². The highest BCUT2D eigenvalue weighted by Gasteiger charge is 2.25. The molecule has 0 aliphatic rings. The lowest BCUT2D eigenvalue weighted by atomic mass is 10.2. The molecule has 0 aliphatic heterocycles. The summed E-state index contributed by atoms with van der Waals surface area (Å²) in [5, 5.41) is 11.6. The molecular formula is C18H27N5O3. The Labute approximate surface area is 154 Å². The number of ether oxygens (including phenoxy) is 1. The van der Waals surface area contributed by atoms with Gasteiger partial charge in [-0.25, -0.2) is 4.79 Å². The zero-order valence-corrected chi connectivity index (χ0v) is 16.1. The van der Waals surface area contributed by atoms with Gasteiger partial charge in [-0.15, -0.1) is 0 Å². The summed E-state index contributed by atoms with van der Waals surface area (Å²) in [6, 6.07) is 5.68. The quantitative estimate of drug-likeness (QED) is 0.584. The van der Waals surface area contributed by atoms with E-state index in [1.165, 1.54) is 9.80 Å². The highest BCUT2D eigenvalue weighted by Crippen LogP contribution is 2.13. The predicted molar refractivity (Wildman–Crippen MR) is 96.9 cm³/mol. The third-order valence-corrected chi connectivity index (χ3v) is 3.24. The number of amides is 2. The number of nitriles is 1. The van der Waals surface area contributed by atoms with Gasteiger partial charge in [-0.1, -0.05) is 0 Å². The van der Waals surface area contributed by atoms with Gasteiger partial charge in [-0.2, -0.15) is 5.26 Å². The van der Waals surface area contributed by atoms with Crippen molar-refractivity contribution in [3.05, 3.63) is 29.6 Å². The van der Waals surface area contributed by atoms with Crippen LogP contribution in [0.1, 0.15) is 32.0 Å². The van der Waals surface area contributed by atoms with Gasteiger partial charge in [0, 0.05) is 26.8 Å². The van der Waals surface area contributed by atoms with Crippen molar-refractivity contribution < 1.29 is 14.3 Å². The van der Waals surface area contributed by atoms with Crippen LogP contribution in [0.3, 0.4) is 0 Å². The molecule has 0 aliphatic carbocycles.